The molecule has 1 aliphatic rings. The third-order valence-electron chi connectivity index (χ3n) is 4.82. The predicted molar refractivity (Wildman–Crippen MR) is 79.7 cm³/mol. The van der Waals surface area contributed by atoms with Crippen LogP contribution in [0.15, 0.2) is 6.07 Å². The number of rotatable bonds is 5. The molecule has 4 nitrogen and oxygen atoms in total. The third kappa shape index (κ3) is 3.07. The van der Waals surface area contributed by atoms with E-state index in [1.54, 1.807) is 7.11 Å². The minimum Gasteiger partial charge on any atom is -0.390 e. The monoisotopic (exact) mass is 280 g/mol. The van der Waals surface area contributed by atoms with E-state index in [-0.39, 0.29) is 5.60 Å². The number of ether oxygens (including phenoxy) is 1. The van der Waals surface area contributed by atoms with Crippen LogP contribution < -0.4 is 0 Å². The summed E-state index contributed by atoms with van der Waals surface area (Å²) < 4.78 is 7.74. The highest BCUT2D eigenvalue weighted by molar-refractivity contribution is 5.11. The molecular formula is C16H28N2O2. The fourth-order valence-electron chi connectivity index (χ4n) is 3.35. The summed E-state index contributed by atoms with van der Waals surface area (Å²) in [7, 11) is 1.74. The molecule has 0 bridgehead atoms. The summed E-state index contributed by atoms with van der Waals surface area (Å²) in [4.78, 5) is 0. The second-order valence-corrected chi connectivity index (χ2v) is 6.26. The molecule has 2 rings (SSSR count). The topological polar surface area (TPSA) is 47.3 Å². The maximum absolute atomic E-state index is 10.7. The molecule has 0 saturated heterocycles. The van der Waals surface area contributed by atoms with Gasteiger partial charge in [-0.25, -0.2) is 0 Å². The molecule has 0 amide bonds. The molecule has 0 radical (unpaired) electrons. The van der Waals surface area contributed by atoms with Gasteiger partial charge >= 0.3 is 0 Å². The minimum atomic E-state index is -0.457. The molecule has 1 heterocycles. The Bertz CT molecular complexity index is 434. The molecular weight excluding hydrogens is 252 g/mol. The van der Waals surface area contributed by atoms with Crippen LogP contribution in [0.3, 0.4) is 0 Å². The summed E-state index contributed by atoms with van der Waals surface area (Å²) in [5.41, 5.74) is 1.74. The molecule has 1 saturated carbocycles. The molecule has 1 aromatic rings. The second kappa shape index (κ2) is 6.27. The summed E-state index contributed by atoms with van der Waals surface area (Å²) in [6.07, 6.45) is 4.34. The lowest BCUT2D eigenvalue weighted by atomic mass is 9.75. The van der Waals surface area contributed by atoms with Gasteiger partial charge in [-0.1, -0.05) is 6.92 Å². The Balaban J connectivity index is 2.11. The van der Waals surface area contributed by atoms with Gasteiger partial charge in [-0.2, -0.15) is 5.10 Å². The molecule has 1 unspecified atom stereocenters. The van der Waals surface area contributed by atoms with Crippen LogP contribution in [0, 0.1) is 12.8 Å². The van der Waals surface area contributed by atoms with E-state index in [9.17, 15) is 5.11 Å². The average molecular weight is 280 g/mol. The van der Waals surface area contributed by atoms with E-state index >= 15 is 0 Å². The number of aliphatic hydroxyl groups is 1. The van der Waals surface area contributed by atoms with Gasteiger partial charge < -0.3 is 9.84 Å². The maximum Gasteiger partial charge on any atom is 0.0940 e. The Morgan fingerprint density at radius 3 is 2.70 bits per heavy atom. The van der Waals surface area contributed by atoms with Gasteiger partial charge in [-0.05, 0) is 51.5 Å². The number of hydrogen-bond donors (Lipinski definition) is 1. The van der Waals surface area contributed by atoms with Gasteiger partial charge in [0.2, 0.25) is 0 Å². The highest BCUT2D eigenvalue weighted by Crippen LogP contribution is 2.37. The van der Waals surface area contributed by atoms with Gasteiger partial charge in [0.25, 0.3) is 0 Å². The van der Waals surface area contributed by atoms with Gasteiger partial charge in [0.1, 0.15) is 0 Å². The van der Waals surface area contributed by atoms with Crippen molar-refractivity contribution in [3.63, 3.8) is 0 Å². The van der Waals surface area contributed by atoms with Crippen LogP contribution in [0.5, 0.6) is 0 Å². The first-order valence-electron chi connectivity index (χ1n) is 7.77. The lowest BCUT2D eigenvalue weighted by Crippen LogP contribution is -2.48. The first kappa shape index (κ1) is 15.5. The first-order valence-corrected chi connectivity index (χ1v) is 7.77. The van der Waals surface area contributed by atoms with Crippen LogP contribution >= 0.6 is 0 Å². The SMILES string of the molecule is CCn1nc(C)cc1CC(O)C1(OC)CCC(C)CC1. The van der Waals surface area contributed by atoms with Crippen molar-refractivity contribution in [1.29, 1.82) is 0 Å². The van der Waals surface area contributed by atoms with E-state index in [0.717, 1.165) is 49.5 Å². The molecule has 4 heteroatoms. The molecule has 1 aromatic heterocycles. The minimum absolute atomic E-state index is 0.372. The van der Waals surface area contributed by atoms with Crippen LogP contribution in [0.1, 0.15) is 50.9 Å². The van der Waals surface area contributed by atoms with Crippen molar-refractivity contribution in [2.24, 2.45) is 5.92 Å². The van der Waals surface area contributed by atoms with Crippen LogP contribution in [0.2, 0.25) is 0 Å². The fourth-order valence-corrected chi connectivity index (χ4v) is 3.35. The molecule has 1 N–H and O–H groups in total. The lowest BCUT2D eigenvalue weighted by molar-refractivity contribution is -0.127. The van der Waals surface area contributed by atoms with Crippen molar-refractivity contribution in [1.82, 2.24) is 9.78 Å². The normalized spacial score (nSPS) is 28.6. The Labute approximate surface area is 122 Å². The van der Waals surface area contributed by atoms with Crippen molar-refractivity contribution in [3.05, 3.63) is 17.5 Å². The van der Waals surface area contributed by atoms with E-state index in [1.807, 2.05) is 11.6 Å². The summed E-state index contributed by atoms with van der Waals surface area (Å²) >= 11 is 0. The van der Waals surface area contributed by atoms with Gasteiger partial charge in [-0.15, -0.1) is 0 Å². The van der Waals surface area contributed by atoms with Crippen molar-refractivity contribution < 1.29 is 9.84 Å². The summed E-state index contributed by atoms with van der Waals surface area (Å²) in [5.74, 6) is 0.744. The van der Waals surface area contributed by atoms with Crippen molar-refractivity contribution in [3.8, 4) is 0 Å². The quantitative estimate of drug-likeness (QED) is 0.902. The van der Waals surface area contributed by atoms with E-state index in [1.165, 1.54) is 0 Å². The highest BCUT2D eigenvalue weighted by Gasteiger charge is 2.41. The summed E-state index contributed by atoms with van der Waals surface area (Å²) in [6, 6.07) is 2.07. The number of methoxy groups -OCH3 is 1. The largest absolute Gasteiger partial charge is 0.390 e. The number of hydrogen-bond acceptors (Lipinski definition) is 3. The molecule has 0 spiro atoms. The Morgan fingerprint density at radius 1 is 1.50 bits per heavy atom. The van der Waals surface area contributed by atoms with Crippen LogP contribution in [0.4, 0.5) is 0 Å². The molecule has 1 aliphatic carbocycles. The molecule has 114 valence electrons. The van der Waals surface area contributed by atoms with Crippen molar-refractivity contribution >= 4 is 0 Å². The Hall–Kier alpha value is -0.870. The smallest absolute Gasteiger partial charge is 0.0940 e. The Kier molecular flexibility index (Phi) is 4.86. The first-order chi connectivity index (χ1) is 9.50. The van der Waals surface area contributed by atoms with Gasteiger partial charge in [0.15, 0.2) is 0 Å². The number of aliphatic hydroxyl groups excluding tert-OH is 1. The van der Waals surface area contributed by atoms with Crippen LogP contribution in [-0.2, 0) is 17.7 Å². The summed E-state index contributed by atoms with van der Waals surface area (Å²) in [6.45, 7) is 7.20. The molecule has 0 aliphatic heterocycles. The predicted octanol–water partition coefficient (Wildman–Crippen LogP) is 2.71. The van der Waals surface area contributed by atoms with Gasteiger partial charge in [0.05, 0.1) is 17.4 Å². The van der Waals surface area contributed by atoms with E-state index < -0.39 is 6.10 Å². The second-order valence-electron chi connectivity index (χ2n) is 6.26. The number of aryl methyl sites for hydroxylation is 2. The molecule has 0 aromatic carbocycles. The van der Waals surface area contributed by atoms with E-state index in [4.69, 9.17) is 4.74 Å². The molecule has 20 heavy (non-hydrogen) atoms. The Morgan fingerprint density at radius 2 is 2.15 bits per heavy atom. The van der Waals surface area contributed by atoms with Crippen molar-refractivity contribution in [2.45, 2.75) is 71.1 Å². The maximum atomic E-state index is 10.7. The zero-order valence-corrected chi connectivity index (χ0v) is 13.2. The number of aromatic nitrogens is 2. The van der Waals surface area contributed by atoms with Crippen molar-refractivity contribution in [2.75, 3.05) is 7.11 Å². The summed E-state index contributed by atoms with van der Waals surface area (Å²) in [5, 5.41) is 15.2. The standard InChI is InChI=1S/C16H28N2O2/c1-5-18-14(10-13(3)17-18)11-15(19)16(20-4)8-6-12(2)7-9-16/h10,12,15,19H,5-9,11H2,1-4H3. The zero-order valence-electron chi connectivity index (χ0n) is 13.2. The van der Waals surface area contributed by atoms with Crippen LogP contribution in [-0.4, -0.2) is 33.7 Å². The van der Waals surface area contributed by atoms with E-state index in [0.29, 0.717) is 6.42 Å². The average Bonchev–Trinajstić information content (AvgIpc) is 2.80. The highest BCUT2D eigenvalue weighted by atomic mass is 16.5. The van der Waals surface area contributed by atoms with E-state index in [2.05, 4.69) is 25.0 Å². The van der Waals surface area contributed by atoms with Gasteiger partial charge in [0, 0.05) is 25.8 Å². The third-order valence-corrected chi connectivity index (χ3v) is 4.82. The zero-order chi connectivity index (χ0) is 14.8. The fraction of sp³-hybridized carbons (Fsp3) is 0.812. The van der Waals surface area contributed by atoms with Crippen LogP contribution in [0.25, 0.3) is 0 Å². The molecule has 1 atom stereocenters. The van der Waals surface area contributed by atoms with Gasteiger partial charge in [-0.3, -0.25) is 4.68 Å². The number of nitrogens with zero attached hydrogens (tertiary/aromatic N) is 2. The molecule has 1 fully saturated rings. The lowest BCUT2D eigenvalue weighted by Gasteiger charge is -2.41.